The molecule has 0 N–H and O–H groups in total. The van der Waals surface area contributed by atoms with Crippen LogP contribution in [0.4, 0.5) is 0 Å². The molecule has 4 aromatic carbocycles. The number of imidazole rings is 1. The van der Waals surface area contributed by atoms with Crippen molar-refractivity contribution in [2.75, 3.05) is 0 Å². The molecule has 0 radical (unpaired) electrons. The van der Waals surface area contributed by atoms with Gasteiger partial charge < -0.3 is 0 Å². The number of fused-ring (bicyclic) bond motifs is 1. The maximum atomic E-state index is 6.04. The first-order valence-electron chi connectivity index (χ1n) is 9.19. The summed E-state index contributed by atoms with van der Waals surface area (Å²) in [6, 6.07) is 35.0. The molecule has 0 amide bonds. The molecule has 3 heteroatoms. The van der Waals surface area contributed by atoms with E-state index in [9.17, 15) is 0 Å². The topological polar surface area (TPSA) is 17.8 Å². The standard InChI is InChI=1S/C25H17ClN2/c26-21-14-11-18(12-15-21)20-13-16-24-23(17-20)27-25(19-7-3-1-4-8-19)28(24)22-9-5-2-6-10-22/h1-17H. The number of halogens is 1. The van der Waals surface area contributed by atoms with E-state index in [-0.39, 0.29) is 0 Å². The minimum Gasteiger partial charge on any atom is -0.292 e. The van der Waals surface area contributed by atoms with Crippen molar-refractivity contribution >= 4 is 22.6 Å². The van der Waals surface area contributed by atoms with Crippen molar-refractivity contribution < 1.29 is 0 Å². The van der Waals surface area contributed by atoms with E-state index in [2.05, 4.69) is 59.2 Å². The molecule has 0 bridgehead atoms. The van der Waals surface area contributed by atoms with Crippen molar-refractivity contribution in [3.8, 4) is 28.2 Å². The normalized spacial score (nSPS) is 11.0. The van der Waals surface area contributed by atoms with Crippen LogP contribution >= 0.6 is 11.6 Å². The van der Waals surface area contributed by atoms with Gasteiger partial charge in [0.2, 0.25) is 0 Å². The van der Waals surface area contributed by atoms with E-state index < -0.39 is 0 Å². The lowest BCUT2D eigenvalue weighted by Gasteiger charge is -2.09. The molecule has 0 aliphatic heterocycles. The van der Waals surface area contributed by atoms with Crippen LogP contribution in [-0.2, 0) is 0 Å². The Morgan fingerprint density at radius 3 is 1.96 bits per heavy atom. The van der Waals surface area contributed by atoms with Crippen LogP contribution in [0.3, 0.4) is 0 Å². The van der Waals surface area contributed by atoms with Crippen LogP contribution in [0.2, 0.25) is 5.02 Å². The second-order valence-corrected chi connectivity index (χ2v) is 7.12. The average molecular weight is 381 g/mol. The van der Waals surface area contributed by atoms with Gasteiger partial charge in [0.1, 0.15) is 5.82 Å². The van der Waals surface area contributed by atoms with Crippen molar-refractivity contribution in [1.29, 1.82) is 0 Å². The van der Waals surface area contributed by atoms with Crippen molar-refractivity contribution in [1.82, 2.24) is 9.55 Å². The third-order valence-corrected chi connectivity index (χ3v) is 5.13. The Hall–Kier alpha value is -3.36. The average Bonchev–Trinajstić information content (AvgIpc) is 3.14. The summed E-state index contributed by atoms with van der Waals surface area (Å²) in [6.45, 7) is 0. The highest BCUT2D eigenvalue weighted by molar-refractivity contribution is 6.30. The number of para-hydroxylation sites is 1. The SMILES string of the molecule is Clc1ccc(-c2ccc3c(c2)nc(-c2ccccc2)n3-c2ccccc2)cc1. The highest BCUT2D eigenvalue weighted by atomic mass is 35.5. The molecule has 1 aromatic heterocycles. The van der Waals surface area contributed by atoms with Crippen LogP contribution in [0.25, 0.3) is 39.2 Å². The maximum absolute atomic E-state index is 6.04. The maximum Gasteiger partial charge on any atom is 0.145 e. The molecular weight excluding hydrogens is 364 g/mol. The first kappa shape index (κ1) is 16.8. The Balaban J connectivity index is 1.75. The van der Waals surface area contributed by atoms with Gasteiger partial charge in [0, 0.05) is 16.3 Å². The van der Waals surface area contributed by atoms with Crippen molar-refractivity contribution in [2.45, 2.75) is 0 Å². The number of hydrogen-bond donors (Lipinski definition) is 0. The molecule has 5 rings (SSSR count). The van der Waals surface area contributed by atoms with Gasteiger partial charge >= 0.3 is 0 Å². The van der Waals surface area contributed by atoms with E-state index in [0.717, 1.165) is 44.3 Å². The van der Waals surface area contributed by atoms with Gasteiger partial charge in [-0.25, -0.2) is 4.98 Å². The molecule has 134 valence electrons. The van der Waals surface area contributed by atoms with Gasteiger partial charge in [0.15, 0.2) is 0 Å². The summed E-state index contributed by atoms with van der Waals surface area (Å²) < 4.78 is 2.22. The van der Waals surface area contributed by atoms with Crippen LogP contribution in [0.15, 0.2) is 103 Å². The second-order valence-electron chi connectivity index (χ2n) is 6.68. The molecule has 0 saturated heterocycles. The molecule has 5 aromatic rings. The highest BCUT2D eigenvalue weighted by Crippen LogP contribution is 2.31. The van der Waals surface area contributed by atoms with Crippen molar-refractivity contribution in [3.05, 3.63) is 108 Å². The molecule has 0 fully saturated rings. The summed E-state index contributed by atoms with van der Waals surface area (Å²) >= 11 is 6.04. The number of nitrogens with zero attached hydrogens (tertiary/aromatic N) is 2. The Morgan fingerprint density at radius 1 is 0.607 bits per heavy atom. The summed E-state index contributed by atoms with van der Waals surface area (Å²) in [5, 5.41) is 0.740. The van der Waals surface area contributed by atoms with E-state index in [1.165, 1.54) is 0 Å². The summed E-state index contributed by atoms with van der Waals surface area (Å²) in [4.78, 5) is 5.00. The Bertz CT molecular complexity index is 1240. The van der Waals surface area contributed by atoms with Crippen molar-refractivity contribution in [2.24, 2.45) is 0 Å². The predicted octanol–water partition coefficient (Wildman–Crippen LogP) is 7.01. The molecular formula is C25H17ClN2. The molecule has 0 spiro atoms. The fraction of sp³-hybridized carbons (Fsp3) is 0. The molecule has 1 heterocycles. The van der Waals surface area contributed by atoms with Gasteiger partial charge in [-0.3, -0.25) is 4.57 Å². The molecule has 28 heavy (non-hydrogen) atoms. The Labute approximate surface area is 168 Å². The summed E-state index contributed by atoms with van der Waals surface area (Å²) in [7, 11) is 0. The third kappa shape index (κ3) is 2.98. The van der Waals surface area contributed by atoms with Gasteiger partial charge in [-0.1, -0.05) is 78.3 Å². The lowest BCUT2D eigenvalue weighted by atomic mass is 10.1. The Kier molecular flexibility index (Phi) is 4.19. The quantitative estimate of drug-likeness (QED) is 0.329. The van der Waals surface area contributed by atoms with Crippen molar-refractivity contribution in [3.63, 3.8) is 0 Å². The fourth-order valence-electron chi connectivity index (χ4n) is 3.52. The lowest BCUT2D eigenvalue weighted by Crippen LogP contribution is -1.97. The van der Waals surface area contributed by atoms with E-state index >= 15 is 0 Å². The van der Waals surface area contributed by atoms with E-state index in [1.54, 1.807) is 0 Å². The predicted molar refractivity (Wildman–Crippen MR) is 117 cm³/mol. The van der Waals surface area contributed by atoms with Crippen LogP contribution in [0.5, 0.6) is 0 Å². The summed E-state index contributed by atoms with van der Waals surface area (Å²) in [5.74, 6) is 0.940. The largest absolute Gasteiger partial charge is 0.292 e. The minimum absolute atomic E-state index is 0.740. The zero-order valence-corrected chi connectivity index (χ0v) is 15.8. The minimum atomic E-state index is 0.740. The molecule has 2 nitrogen and oxygen atoms in total. The summed E-state index contributed by atoms with van der Waals surface area (Å²) in [6.07, 6.45) is 0. The molecule has 0 unspecified atom stereocenters. The van der Waals surface area contributed by atoms with Crippen LogP contribution < -0.4 is 0 Å². The van der Waals surface area contributed by atoms with Crippen LogP contribution in [-0.4, -0.2) is 9.55 Å². The van der Waals surface area contributed by atoms with Gasteiger partial charge in [0.05, 0.1) is 11.0 Å². The summed E-state index contributed by atoms with van der Waals surface area (Å²) in [5.41, 5.74) is 6.50. The Morgan fingerprint density at radius 2 is 1.25 bits per heavy atom. The highest BCUT2D eigenvalue weighted by Gasteiger charge is 2.14. The molecule has 0 atom stereocenters. The van der Waals surface area contributed by atoms with Gasteiger partial charge in [-0.2, -0.15) is 0 Å². The molecule has 0 aliphatic carbocycles. The van der Waals surface area contributed by atoms with Gasteiger partial charge in [-0.15, -0.1) is 0 Å². The fourth-order valence-corrected chi connectivity index (χ4v) is 3.65. The number of benzene rings is 4. The second kappa shape index (κ2) is 6.99. The molecule has 0 saturated carbocycles. The van der Waals surface area contributed by atoms with Gasteiger partial charge in [0.25, 0.3) is 0 Å². The van der Waals surface area contributed by atoms with E-state index in [4.69, 9.17) is 16.6 Å². The van der Waals surface area contributed by atoms with E-state index in [1.807, 2.05) is 48.5 Å². The lowest BCUT2D eigenvalue weighted by molar-refractivity contribution is 1.10. The first-order chi connectivity index (χ1) is 13.8. The van der Waals surface area contributed by atoms with E-state index in [0.29, 0.717) is 0 Å². The zero-order valence-electron chi connectivity index (χ0n) is 15.1. The number of rotatable bonds is 3. The zero-order chi connectivity index (χ0) is 18.9. The number of hydrogen-bond acceptors (Lipinski definition) is 1. The van der Waals surface area contributed by atoms with Crippen LogP contribution in [0.1, 0.15) is 0 Å². The van der Waals surface area contributed by atoms with Crippen LogP contribution in [0, 0.1) is 0 Å². The molecule has 0 aliphatic rings. The third-order valence-electron chi connectivity index (χ3n) is 4.88. The first-order valence-corrected chi connectivity index (χ1v) is 9.57. The monoisotopic (exact) mass is 380 g/mol. The van der Waals surface area contributed by atoms with Gasteiger partial charge in [-0.05, 0) is 47.5 Å². The smallest absolute Gasteiger partial charge is 0.145 e. The number of aromatic nitrogens is 2.